The maximum Gasteiger partial charge on any atom is 0.253 e. The molecule has 0 radical (unpaired) electrons. The molecule has 26 heavy (non-hydrogen) atoms. The number of carbonyl (C=O) groups excluding carboxylic acids is 1. The van der Waals surface area contributed by atoms with E-state index in [1.54, 1.807) is 0 Å². The molecule has 0 aliphatic heterocycles. The number of fused-ring (bicyclic) bond motifs is 1. The monoisotopic (exact) mass is 351 g/mol. The van der Waals surface area contributed by atoms with Gasteiger partial charge in [-0.3, -0.25) is 4.79 Å². The Morgan fingerprint density at radius 1 is 1.23 bits per heavy atom. The van der Waals surface area contributed by atoms with E-state index in [9.17, 15) is 9.18 Å². The lowest BCUT2D eigenvalue weighted by Crippen LogP contribution is -2.27. The number of nitrogens with one attached hydrogen (secondary N) is 2. The van der Waals surface area contributed by atoms with Crippen molar-refractivity contribution in [3.05, 3.63) is 66.0 Å². The van der Waals surface area contributed by atoms with Crippen LogP contribution in [0.3, 0.4) is 0 Å². The fourth-order valence-electron chi connectivity index (χ4n) is 2.68. The Labute approximate surface area is 147 Å². The maximum atomic E-state index is 13.6. The summed E-state index contributed by atoms with van der Waals surface area (Å²) in [7, 11) is 0. The van der Waals surface area contributed by atoms with Gasteiger partial charge in [0.05, 0.1) is 22.3 Å². The molecule has 2 aromatic heterocycles. The summed E-state index contributed by atoms with van der Waals surface area (Å²) in [5.74, 6) is -0.151. The van der Waals surface area contributed by atoms with Crippen molar-refractivity contribution < 1.29 is 9.18 Å². The molecule has 9 heteroatoms. The summed E-state index contributed by atoms with van der Waals surface area (Å²) in [4.78, 5) is 20.1. The van der Waals surface area contributed by atoms with Crippen LogP contribution in [0.25, 0.3) is 16.7 Å². The third-order valence-corrected chi connectivity index (χ3v) is 3.88. The quantitative estimate of drug-likeness (QED) is 0.569. The standard InChI is InChI=1S/C17H14FN7O/c18-11-5-6-15(25-10-20-23-24-25)12(9-11)17(26)19-8-7-16-21-13-3-1-2-4-14(13)22-16/h1-6,9-10H,7-8H2,(H,19,26)(H,21,22). The number of tetrazole rings is 1. The van der Waals surface area contributed by atoms with E-state index in [0.717, 1.165) is 22.9 Å². The Balaban J connectivity index is 1.47. The second-order valence-electron chi connectivity index (χ2n) is 5.62. The van der Waals surface area contributed by atoms with E-state index in [-0.39, 0.29) is 5.56 Å². The third kappa shape index (κ3) is 3.14. The molecule has 0 aliphatic carbocycles. The highest BCUT2D eigenvalue weighted by molar-refractivity contribution is 5.97. The Morgan fingerprint density at radius 3 is 2.92 bits per heavy atom. The Bertz CT molecular complexity index is 1030. The van der Waals surface area contributed by atoms with Gasteiger partial charge in [-0.05, 0) is 40.8 Å². The second kappa shape index (κ2) is 6.71. The van der Waals surface area contributed by atoms with Crippen molar-refractivity contribution in [2.24, 2.45) is 0 Å². The van der Waals surface area contributed by atoms with Crippen molar-refractivity contribution in [2.75, 3.05) is 6.54 Å². The number of nitrogens with zero attached hydrogens (tertiary/aromatic N) is 5. The molecule has 0 spiro atoms. The average molecular weight is 351 g/mol. The number of carbonyl (C=O) groups is 1. The van der Waals surface area contributed by atoms with Crippen LogP contribution >= 0.6 is 0 Å². The van der Waals surface area contributed by atoms with Crippen LogP contribution in [-0.2, 0) is 6.42 Å². The Kier molecular flexibility index (Phi) is 4.10. The predicted molar refractivity (Wildman–Crippen MR) is 91.2 cm³/mol. The first-order valence-electron chi connectivity index (χ1n) is 7.95. The highest BCUT2D eigenvalue weighted by atomic mass is 19.1. The van der Waals surface area contributed by atoms with Gasteiger partial charge >= 0.3 is 0 Å². The molecule has 0 saturated carbocycles. The summed E-state index contributed by atoms with van der Waals surface area (Å²) >= 11 is 0. The normalized spacial score (nSPS) is 11.0. The van der Waals surface area contributed by atoms with Crippen LogP contribution in [0.1, 0.15) is 16.2 Å². The molecule has 0 bridgehead atoms. The fraction of sp³-hybridized carbons (Fsp3) is 0.118. The minimum absolute atomic E-state index is 0.155. The zero-order valence-corrected chi connectivity index (χ0v) is 13.6. The van der Waals surface area contributed by atoms with Crippen LogP contribution in [0.4, 0.5) is 4.39 Å². The molecule has 4 rings (SSSR count). The first-order valence-corrected chi connectivity index (χ1v) is 7.95. The number of amides is 1. The molecule has 0 fully saturated rings. The Morgan fingerprint density at radius 2 is 2.12 bits per heavy atom. The van der Waals surface area contributed by atoms with E-state index in [2.05, 4.69) is 30.8 Å². The van der Waals surface area contributed by atoms with Crippen LogP contribution in [0.2, 0.25) is 0 Å². The summed E-state index contributed by atoms with van der Waals surface area (Å²) in [6.45, 7) is 0.351. The first kappa shape index (κ1) is 15.9. The lowest BCUT2D eigenvalue weighted by molar-refractivity contribution is 0.0953. The van der Waals surface area contributed by atoms with Crippen LogP contribution in [0.5, 0.6) is 0 Å². The molecule has 1 amide bonds. The number of H-pyrrole nitrogens is 1. The molecule has 2 aromatic carbocycles. The SMILES string of the molecule is O=C(NCCc1nc2ccccc2[nH]1)c1cc(F)ccc1-n1cnnn1. The van der Waals surface area contributed by atoms with Gasteiger partial charge in [0.1, 0.15) is 18.0 Å². The van der Waals surface area contributed by atoms with Gasteiger partial charge in [0, 0.05) is 13.0 Å². The van der Waals surface area contributed by atoms with Gasteiger partial charge in [-0.25, -0.2) is 9.37 Å². The molecule has 0 unspecified atom stereocenters. The summed E-state index contributed by atoms with van der Waals surface area (Å²) in [6, 6.07) is 11.6. The summed E-state index contributed by atoms with van der Waals surface area (Å²) in [5, 5.41) is 13.6. The van der Waals surface area contributed by atoms with Crippen molar-refractivity contribution in [1.29, 1.82) is 0 Å². The van der Waals surface area contributed by atoms with Crippen LogP contribution in [0, 0.1) is 5.82 Å². The highest BCUT2D eigenvalue weighted by Crippen LogP contribution is 2.15. The molecule has 0 atom stereocenters. The van der Waals surface area contributed by atoms with Crippen LogP contribution < -0.4 is 5.32 Å². The minimum Gasteiger partial charge on any atom is -0.352 e. The van der Waals surface area contributed by atoms with Gasteiger partial charge in [0.15, 0.2) is 0 Å². The van der Waals surface area contributed by atoms with E-state index >= 15 is 0 Å². The number of aromatic amines is 1. The molecule has 0 saturated heterocycles. The van der Waals surface area contributed by atoms with Crippen molar-refractivity contribution in [3.63, 3.8) is 0 Å². The second-order valence-corrected chi connectivity index (χ2v) is 5.62. The number of hydrogen-bond donors (Lipinski definition) is 2. The average Bonchev–Trinajstić information content (AvgIpc) is 3.30. The summed E-state index contributed by atoms with van der Waals surface area (Å²) < 4.78 is 14.9. The summed E-state index contributed by atoms with van der Waals surface area (Å²) in [5.41, 5.74) is 2.37. The highest BCUT2D eigenvalue weighted by Gasteiger charge is 2.15. The van der Waals surface area contributed by atoms with Crippen LogP contribution in [-0.4, -0.2) is 42.6 Å². The lowest BCUT2D eigenvalue weighted by atomic mass is 10.1. The van der Waals surface area contributed by atoms with E-state index in [0.29, 0.717) is 18.7 Å². The first-order chi connectivity index (χ1) is 12.7. The van der Waals surface area contributed by atoms with E-state index in [1.807, 2.05) is 24.3 Å². The van der Waals surface area contributed by atoms with Crippen molar-refractivity contribution in [1.82, 2.24) is 35.5 Å². The molecule has 130 valence electrons. The minimum atomic E-state index is -0.510. The molecule has 2 heterocycles. The van der Waals surface area contributed by atoms with Crippen LogP contribution in [0.15, 0.2) is 48.8 Å². The molecular formula is C17H14FN7O. The number of imidazole rings is 1. The Hall–Kier alpha value is -3.62. The van der Waals surface area contributed by atoms with Gasteiger partial charge in [0.25, 0.3) is 5.91 Å². The lowest BCUT2D eigenvalue weighted by Gasteiger charge is -2.09. The number of rotatable bonds is 5. The predicted octanol–water partition coefficient (Wildman–Crippen LogP) is 1.65. The van der Waals surface area contributed by atoms with E-state index in [1.165, 1.54) is 23.1 Å². The van der Waals surface area contributed by atoms with Gasteiger partial charge in [-0.2, -0.15) is 4.68 Å². The van der Waals surface area contributed by atoms with Crippen molar-refractivity contribution in [2.45, 2.75) is 6.42 Å². The smallest absolute Gasteiger partial charge is 0.253 e. The largest absolute Gasteiger partial charge is 0.352 e. The zero-order chi connectivity index (χ0) is 17.9. The third-order valence-electron chi connectivity index (χ3n) is 3.88. The van der Waals surface area contributed by atoms with Gasteiger partial charge < -0.3 is 10.3 Å². The summed E-state index contributed by atoms with van der Waals surface area (Å²) in [6.07, 6.45) is 1.87. The number of para-hydroxylation sites is 2. The molecule has 8 nitrogen and oxygen atoms in total. The number of aromatic nitrogens is 6. The number of benzene rings is 2. The number of halogens is 1. The topological polar surface area (TPSA) is 101 Å². The maximum absolute atomic E-state index is 13.6. The van der Waals surface area contributed by atoms with Gasteiger partial charge in [0.2, 0.25) is 0 Å². The van der Waals surface area contributed by atoms with Crippen molar-refractivity contribution >= 4 is 16.9 Å². The molecule has 0 aliphatic rings. The molecule has 2 N–H and O–H groups in total. The fourth-order valence-corrected chi connectivity index (χ4v) is 2.68. The number of hydrogen-bond acceptors (Lipinski definition) is 5. The van der Waals surface area contributed by atoms with E-state index < -0.39 is 11.7 Å². The zero-order valence-electron chi connectivity index (χ0n) is 13.6. The molecule has 4 aromatic rings. The van der Waals surface area contributed by atoms with Gasteiger partial charge in [-0.1, -0.05) is 12.1 Å². The van der Waals surface area contributed by atoms with E-state index in [4.69, 9.17) is 0 Å². The van der Waals surface area contributed by atoms with Crippen molar-refractivity contribution in [3.8, 4) is 5.69 Å². The molecular weight excluding hydrogens is 337 g/mol. The van der Waals surface area contributed by atoms with Gasteiger partial charge in [-0.15, -0.1) is 5.10 Å².